The smallest absolute Gasteiger partial charge is 0.0175 e. The van der Waals surface area contributed by atoms with Crippen LogP contribution in [0.5, 0.6) is 0 Å². The second-order valence-electron chi connectivity index (χ2n) is 4.57. The van der Waals surface area contributed by atoms with E-state index in [0.29, 0.717) is 0 Å². The summed E-state index contributed by atoms with van der Waals surface area (Å²) in [5.74, 6) is 0. The second-order valence-corrected chi connectivity index (χ2v) is 5.48. The first-order chi connectivity index (χ1) is 7.06. The van der Waals surface area contributed by atoms with Crippen LogP contribution in [0.25, 0.3) is 0 Å². The predicted octanol–water partition coefficient (Wildman–Crippen LogP) is 3.73. The molecule has 15 heavy (non-hydrogen) atoms. The maximum Gasteiger partial charge on any atom is 0.0175 e. The van der Waals surface area contributed by atoms with Crippen LogP contribution in [0.15, 0.2) is 28.7 Å². The predicted molar refractivity (Wildman–Crippen MR) is 70.3 cm³/mol. The van der Waals surface area contributed by atoms with Gasteiger partial charge in [0.25, 0.3) is 0 Å². The van der Waals surface area contributed by atoms with E-state index in [2.05, 4.69) is 66.3 Å². The van der Waals surface area contributed by atoms with Crippen LogP contribution in [0.4, 0.5) is 0 Å². The molecule has 0 aromatic heterocycles. The molecule has 1 rings (SSSR count). The van der Waals surface area contributed by atoms with E-state index in [1.54, 1.807) is 0 Å². The van der Waals surface area contributed by atoms with Crippen molar-refractivity contribution in [3.05, 3.63) is 34.3 Å². The van der Waals surface area contributed by atoms with Crippen LogP contribution < -0.4 is 5.32 Å². The molecule has 0 spiro atoms. The van der Waals surface area contributed by atoms with Gasteiger partial charge in [-0.3, -0.25) is 0 Å². The van der Waals surface area contributed by atoms with E-state index in [9.17, 15) is 0 Å². The van der Waals surface area contributed by atoms with E-state index in [-0.39, 0.29) is 5.41 Å². The molecule has 2 heteroatoms. The zero-order valence-corrected chi connectivity index (χ0v) is 11.4. The molecule has 84 valence electrons. The molecule has 0 heterocycles. The van der Waals surface area contributed by atoms with Gasteiger partial charge in [0, 0.05) is 16.4 Å². The Hall–Kier alpha value is -0.340. The molecule has 0 radical (unpaired) electrons. The fourth-order valence-corrected chi connectivity index (χ4v) is 1.85. The van der Waals surface area contributed by atoms with Crippen molar-refractivity contribution >= 4 is 15.9 Å². The first-order valence-electron chi connectivity index (χ1n) is 5.53. The number of hydrogen-bond donors (Lipinski definition) is 1. The van der Waals surface area contributed by atoms with Gasteiger partial charge >= 0.3 is 0 Å². The van der Waals surface area contributed by atoms with Crippen molar-refractivity contribution in [2.24, 2.45) is 0 Å². The van der Waals surface area contributed by atoms with E-state index < -0.39 is 0 Å². The normalized spacial score (nSPS) is 11.7. The molecule has 0 amide bonds. The minimum Gasteiger partial charge on any atom is -0.316 e. The van der Waals surface area contributed by atoms with Gasteiger partial charge in [0.05, 0.1) is 0 Å². The SMILES string of the molecule is CCCNCC(C)(C)c1ccc(Br)cc1. The second kappa shape index (κ2) is 5.66. The zero-order chi connectivity index (χ0) is 11.3. The van der Waals surface area contributed by atoms with E-state index >= 15 is 0 Å². The molecular weight excluding hydrogens is 250 g/mol. The van der Waals surface area contributed by atoms with Gasteiger partial charge in [-0.25, -0.2) is 0 Å². The fraction of sp³-hybridized carbons (Fsp3) is 0.538. The van der Waals surface area contributed by atoms with Crippen molar-refractivity contribution in [3.8, 4) is 0 Å². The van der Waals surface area contributed by atoms with Gasteiger partial charge in [-0.1, -0.05) is 48.8 Å². The molecule has 0 aliphatic carbocycles. The topological polar surface area (TPSA) is 12.0 Å². The Balaban J connectivity index is 2.63. The maximum absolute atomic E-state index is 3.48. The molecule has 0 saturated heterocycles. The molecule has 1 aromatic rings. The van der Waals surface area contributed by atoms with Crippen LogP contribution in [0.2, 0.25) is 0 Å². The Bertz CT molecular complexity index is 290. The number of nitrogens with one attached hydrogen (secondary N) is 1. The standard InChI is InChI=1S/C13H20BrN/c1-4-9-15-10-13(2,3)11-5-7-12(14)8-6-11/h5-8,15H,4,9-10H2,1-3H3. The van der Waals surface area contributed by atoms with Gasteiger partial charge in [-0.15, -0.1) is 0 Å². The fourth-order valence-electron chi connectivity index (χ4n) is 1.58. The molecule has 0 aliphatic heterocycles. The Labute approximate surface area is 101 Å². The lowest BCUT2D eigenvalue weighted by atomic mass is 9.84. The molecule has 0 atom stereocenters. The zero-order valence-electron chi connectivity index (χ0n) is 9.81. The molecular formula is C13H20BrN. The van der Waals surface area contributed by atoms with Gasteiger partial charge in [-0.05, 0) is 30.7 Å². The first-order valence-corrected chi connectivity index (χ1v) is 6.32. The molecule has 1 N–H and O–H groups in total. The van der Waals surface area contributed by atoms with E-state index in [4.69, 9.17) is 0 Å². The summed E-state index contributed by atoms with van der Waals surface area (Å²) in [6.07, 6.45) is 1.19. The van der Waals surface area contributed by atoms with Gasteiger partial charge in [-0.2, -0.15) is 0 Å². The Morgan fingerprint density at radius 3 is 2.33 bits per heavy atom. The molecule has 0 fully saturated rings. The summed E-state index contributed by atoms with van der Waals surface area (Å²) in [7, 11) is 0. The quantitative estimate of drug-likeness (QED) is 0.804. The number of hydrogen-bond acceptors (Lipinski definition) is 1. The Kier molecular flexibility index (Phi) is 4.81. The molecule has 0 unspecified atom stereocenters. The van der Waals surface area contributed by atoms with Crippen molar-refractivity contribution in [2.75, 3.05) is 13.1 Å². The van der Waals surface area contributed by atoms with Crippen LogP contribution in [0, 0.1) is 0 Å². The number of rotatable bonds is 5. The average molecular weight is 270 g/mol. The molecule has 0 saturated carbocycles. The maximum atomic E-state index is 3.48. The van der Waals surface area contributed by atoms with Crippen molar-refractivity contribution in [1.29, 1.82) is 0 Å². The molecule has 1 aromatic carbocycles. The summed E-state index contributed by atoms with van der Waals surface area (Å²) in [4.78, 5) is 0. The van der Waals surface area contributed by atoms with E-state index in [0.717, 1.165) is 17.6 Å². The lowest BCUT2D eigenvalue weighted by Crippen LogP contribution is -2.33. The third-order valence-electron chi connectivity index (χ3n) is 2.62. The Morgan fingerprint density at radius 1 is 1.20 bits per heavy atom. The summed E-state index contributed by atoms with van der Waals surface area (Å²) in [6, 6.07) is 8.60. The summed E-state index contributed by atoms with van der Waals surface area (Å²) in [6.45, 7) is 8.87. The highest BCUT2D eigenvalue weighted by Gasteiger charge is 2.19. The van der Waals surface area contributed by atoms with Crippen molar-refractivity contribution in [3.63, 3.8) is 0 Å². The van der Waals surface area contributed by atoms with Crippen LogP contribution in [0.3, 0.4) is 0 Å². The Morgan fingerprint density at radius 2 is 1.80 bits per heavy atom. The monoisotopic (exact) mass is 269 g/mol. The van der Waals surface area contributed by atoms with Crippen molar-refractivity contribution in [2.45, 2.75) is 32.6 Å². The van der Waals surface area contributed by atoms with Gasteiger partial charge in [0.2, 0.25) is 0 Å². The lowest BCUT2D eigenvalue weighted by Gasteiger charge is -2.25. The van der Waals surface area contributed by atoms with Crippen molar-refractivity contribution in [1.82, 2.24) is 5.32 Å². The highest BCUT2D eigenvalue weighted by molar-refractivity contribution is 9.10. The minimum absolute atomic E-state index is 0.204. The summed E-state index contributed by atoms with van der Waals surface area (Å²) in [5, 5.41) is 3.48. The summed E-state index contributed by atoms with van der Waals surface area (Å²) in [5.41, 5.74) is 1.59. The molecule has 0 bridgehead atoms. The highest BCUT2D eigenvalue weighted by Crippen LogP contribution is 2.23. The van der Waals surface area contributed by atoms with Crippen LogP contribution in [-0.2, 0) is 5.41 Å². The first kappa shape index (κ1) is 12.7. The summed E-state index contributed by atoms with van der Waals surface area (Å²) < 4.78 is 1.14. The van der Waals surface area contributed by atoms with Gasteiger partial charge in [0.15, 0.2) is 0 Å². The number of halogens is 1. The lowest BCUT2D eigenvalue weighted by molar-refractivity contribution is 0.469. The average Bonchev–Trinajstić information content (AvgIpc) is 2.18. The third-order valence-corrected chi connectivity index (χ3v) is 3.15. The van der Waals surface area contributed by atoms with Crippen LogP contribution in [-0.4, -0.2) is 13.1 Å². The van der Waals surface area contributed by atoms with Crippen LogP contribution >= 0.6 is 15.9 Å². The van der Waals surface area contributed by atoms with Gasteiger partial charge < -0.3 is 5.32 Å². The van der Waals surface area contributed by atoms with Crippen molar-refractivity contribution < 1.29 is 0 Å². The van der Waals surface area contributed by atoms with E-state index in [1.165, 1.54) is 12.0 Å². The van der Waals surface area contributed by atoms with Crippen LogP contribution in [0.1, 0.15) is 32.8 Å². The minimum atomic E-state index is 0.204. The van der Waals surface area contributed by atoms with Gasteiger partial charge in [0.1, 0.15) is 0 Å². The third kappa shape index (κ3) is 3.96. The van der Waals surface area contributed by atoms with E-state index in [1.807, 2.05) is 0 Å². The number of benzene rings is 1. The highest BCUT2D eigenvalue weighted by atomic mass is 79.9. The largest absolute Gasteiger partial charge is 0.316 e. The summed E-state index contributed by atoms with van der Waals surface area (Å²) >= 11 is 3.46. The molecule has 1 nitrogen and oxygen atoms in total. The molecule has 0 aliphatic rings.